The molecular weight excluding hydrogens is 261 g/mol. The highest BCUT2D eigenvalue weighted by Gasteiger charge is 2.39. The summed E-state index contributed by atoms with van der Waals surface area (Å²) in [7, 11) is 0. The Balaban J connectivity index is 4.96. The second-order valence-corrected chi connectivity index (χ2v) is 2.53. The molecule has 5 N–H and O–H groups in total. The van der Waals surface area contributed by atoms with Gasteiger partial charge in [0.1, 0.15) is 6.61 Å². The van der Waals surface area contributed by atoms with Crippen LogP contribution in [-0.4, -0.2) is 41.4 Å². The summed E-state index contributed by atoms with van der Waals surface area (Å²) in [6, 6.07) is 0. The van der Waals surface area contributed by atoms with Crippen LogP contribution >= 0.6 is 0 Å². The van der Waals surface area contributed by atoms with Crippen LogP contribution in [0.2, 0.25) is 0 Å². The van der Waals surface area contributed by atoms with Gasteiger partial charge < -0.3 is 16.3 Å². The average Bonchev–Trinajstić information content (AvgIpc) is 2.26. The predicted molar refractivity (Wildman–Crippen MR) is 50.5 cm³/mol. The average molecular weight is 268 g/mol. The fourth-order valence-corrected chi connectivity index (χ4v) is 0.577. The van der Waals surface area contributed by atoms with Crippen LogP contribution in [0.1, 0.15) is 0 Å². The topological polar surface area (TPSA) is 153 Å². The number of rotatable bonds is 1. The van der Waals surface area contributed by atoms with Crippen molar-refractivity contribution in [1.82, 2.24) is 5.32 Å². The maximum atomic E-state index is 11.9. The molecule has 0 aliphatic carbocycles. The predicted octanol–water partition coefficient (Wildman–Crippen LogP) is -1.11. The van der Waals surface area contributed by atoms with Crippen molar-refractivity contribution < 1.29 is 27.9 Å². The summed E-state index contributed by atoms with van der Waals surface area (Å²) in [6.07, 6.45) is -5.22. The molecule has 0 aliphatic heterocycles. The number of aliphatic imine (C=N–C) groups is 1. The molecule has 0 atom stereocenters. The molecule has 0 rings (SSSR count). The molecule has 2 amide bonds. The molecular formula is C6H7F3N6O3. The molecule has 12 heteroatoms. The molecule has 18 heavy (non-hydrogen) atoms. The molecule has 0 radical (unpaired) electrons. The highest BCUT2D eigenvalue weighted by atomic mass is 19.4. The summed E-state index contributed by atoms with van der Waals surface area (Å²) in [5, 5.41) is 21.9. The number of aliphatic hydroxyl groups is 1. The minimum atomic E-state index is -5.22. The molecule has 0 fully saturated rings. The van der Waals surface area contributed by atoms with E-state index in [9.17, 15) is 22.8 Å². The van der Waals surface area contributed by atoms with Crippen molar-refractivity contribution in [3.63, 3.8) is 0 Å². The van der Waals surface area contributed by atoms with Crippen molar-refractivity contribution in [2.45, 2.75) is 6.18 Å². The SMILES string of the molecule is N=C(NC(=O)C(F)(F)F)C(N=NN)=NC(=O)CO. The van der Waals surface area contributed by atoms with E-state index in [1.165, 1.54) is 0 Å². The Morgan fingerprint density at radius 2 is 1.94 bits per heavy atom. The molecule has 100 valence electrons. The van der Waals surface area contributed by atoms with Gasteiger partial charge >= 0.3 is 12.1 Å². The van der Waals surface area contributed by atoms with Crippen LogP contribution in [0.25, 0.3) is 0 Å². The normalized spacial score (nSPS) is 12.6. The lowest BCUT2D eigenvalue weighted by Gasteiger charge is -2.07. The Morgan fingerprint density at radius 1 is 1.39 bits per heavy atom. The van der Waals surface area contributed by atoms with Crippen molar-refractivity contribution in [3.8, 4) is 0 Å². The molecule has 0 aromatic carbocycles. The van der Waals surface area contributed by atoms with Crippen LogP contribution in [0.15, 0.2) is 15.3 Å². The van der Waals surface area contributed by atoms with E-state index in [2.05, 4.69) is 21.2 Å². The van der Waals surface area contributed by atoms with Gasteiger partial charge in [-0.1, -0.05) is 5.22 Å². The van der Waals surface area contributed by atoms with E-state index in [1.54, 1.807) is 0 Å². The summed E-state index contributed by atoms with van der Waals surface area (Å²) in [6.45, 7) is -1.07. The number of alkyl halides is 3. The first-order valence-corrected chi connectivity index (χ1v) is 4.02. The van der Waals surface area contributed by atoms with E-state index in [1.807, 2.05) is 0 Å². The number of carbonyl (C=O) groups excluding carboxylic acids is 2. The van der Waals surface area contributed by atoms with E-state index in [4.69, 9.17) is 10.5 Å². The molecule has 0 unspecified atom stereocenters. The van der Waals surface area contributed by atoms with Crippen LogP contribution in [-0.2, 0) is 9.59 Å². The Hall–Kier alpha value is -2.37. The standard InChI is InChI=1S/C6H7F3N6O3/c7-6(8,9)5(18)13-3(10)4(14-15-11)12-2(17)1-16/h16H,1H2,(H2,10,13,18)(H2,11,12,14,17). The zero-order valence-corrected chi connectivity index (χ0v) is 8.52. The third-order valence-electron chi connectivity index (χ3n) is 1.24. The summed E-state index contributed by atoms with van der Waals surface area (Å²) in [4.78, 5) is 24.0. The van der Waals surface area contributed by atoms with Gasteiger partial charge in [-0.3, -0.25) is 15.0 Å². The molecule has 0 bridgehead atoms. The van der Waals surface area contributed by atoms with Gasteiger partial charge in [-0.15, -0.1) is 5.11 Å². The van der Waals surface area contributed by atoms with Crippen LogP contribution in [0.3, 0.4) is 0 Å². The Bertz CT molecular complexity index is 415. The van der Waals surface area contributed by atoms with Gasteiger partial charge in [0.05, 0.1) is 0 Å². The number of nitrogens with two attached hydrogens (primary N) is 1. The lowest BCUT2D eigenvalue weighted by molar-refractivity contribution is -0.171. The number of nitrogens with zero attached hydrogens (tertiary/aromatic N) is 3. The second-order valence-electron chi connectivity index (χ2n) is 2.53. The van der Waals surface area contributed by atoms with Crippen molar-refractivity contribution in [1.29, 1.82) is 5.41 Å². The van der Waals surface area contributed by atoms with Crippen LogP contribution < -0.4 is 11.2 Å². The van der Waals surface area contributed by atoms with E-state index in [0.717, 1.165) is 5.32 Å². The van der Waals surface area contributed by atoms with E-state index >= 15 is 0 Å². The van der Waals surface area contributed by atoms with Gasteiger partial charge in [0, 0.05) is 0 Å². The summed E-state index contributed by atoms with van der Waals surface area (Å²) in [5.74, 6) is -1.31. The molecule has 0 saturated carbocycles. The Kier molecular flexibility index (Phi) is 5.55. The number of amides is 2. The van der Waals surface area contributed by atoms with E-state index < -0.39 is 36.3 Å². The monoisotopic (exact) mass is 268 g/mol. The maximum Gasteiger partial charge on any atom is 0.471 e. The molecule has 0 saturated heterocycles. The van der Waals surface area contributed by atoms with E-state index in [-0.39, 0.29) is 0 Å². The highest BCUT2D eigenvalue weighted by Crippen LogP contribution is 2.13. The van der Waals surface area contributed by atoms with Crippen molar-refractivity contribution in [2.75, 3.05) is 6.61 Å². The first-order chi connectivity index (χ1) is 8.22. The van der Waals surface area contributed by atoms with Crippen LogP contribution in [0.5, 0.6) is 0 Å². The molecule has 0 spiro atoms. The third-order valence-corrected chi connectivity index (χ3v) is 1.24. The quantitative estimate of drug-likeness (QED) is 0.156. The van der Waals surface area contributed by atoms with E-state index in [0.29, 0.717) is 0 Å². The summed E-state index contributed by atoms with van der Waals surface area (Å²) >= 11 is 0. The lowest BCUT2D eigenvalue weighted by atomic mass is 10.4. The largest absolute Gasteiger partial charge is 0.471 e. The fraction of sp³-hybridized carbons (Fsp3) is 0.333. The smallest absolute Gasteiger partial charge is 0.386 e. The van der Waals surface area contributed by atoms with Gasteiger partial charge in [-0.05, 0) is 0 Å². The summed E-state index contributed by atoms with van der Waals surface area (Å²) in [5.41, 5.74) is 0. The zero-order valence-electron chi connectivity index (χ0n) is 8.52. The highest BCUT2D eigenvalue weighted by molar-refractivity contribution is 6.43. The lowest BCUT2D eigenvalue weighted by Crippen LogP contribution is -2.43. The Morgan fingerprint density at radius 3 is 2.33 bits per heavy atom. The number of nitrogens with one attached hydrogen (secondary N) is 2. The summed E-state index contributed by atoms with van der Waals surface area (Å²) < 4.78 is 35.6. The zero-order chi connectivity index (χ0) is 14.3. The number of aliphatic hydroxyl groups excluding tert-OH is 1. The van der Waals surface area contributed by atoms with Gasteiger partial charge in [0.15, 0.2) is 5.84 Å². The van der Waals surface area contributed by atoms with Gasteiger partial charge in [0.2, 0.25) is 5.84 Å². The van der Waals surface area contributed by atoms with Crippen molar-refractivity contribution >= 4 is 23.5 Å². The van der Waals surface area contributed by atoms with Crippen LogP contribution in [0, 0.1) is 5.41 Å². The first-order valence-electron chi connectivity index (χ1n) is 4.02. The molecule has 0 heterocycles. The number of halogens is 3. The van der Waals surface area contributed by atoms with Crippen LogP contribution in [0.4, 0.5) is 13.2 Å². The van der Waals surface area contributed by atoms with Gasteiger partial charge in [-0.2, -0.15) is 18.2 Å². The fourth-order valence-electron chi connectivity index (χ4n) is 0.577. The maximum absolute atomic E-state index is 11.9. The minimum Gasteiger partial charge on any atom is -0.386 e. The first kappa shape index (κ1) is 15.6. The number of amidine groups is 2. The molecule has 0 aliphatic rings. The second kappa shape index (κ2) is 6.39. The minimum absolute atomic E-state index is 0.978. The molecule has 9 nitrogen and oxygen atoms in total. The third kappa shape index (κ3) is 5.11. The molecule has 0 aromatic heterocycles. The van der Waals surface area contributed by atoms with Gasteiger partial charge in [-0.25, -0.2) is 0 Å². The van der Waals surface area contributed by atoms with Crippen molar-refractivity contribution in [3.05, 3.63) is 0 Å². The Labute approximate surface area is 97.1 Å². The van der Waals surface area contributed by atoms with Crippen molar-refractivity contribution in [2.24, 2.45) is 21.2 Å². The van der Waals surface area contributed by atoms with Gasteiger partial charge in [0.25, 0.3) is 5.91 Å². The number of hydrogen-bond donors (Lipinski definition) is 4. The number of hydrogen-bond acceptors (Lipinski definition) is 5. The molecule has 0 aromatic rings. The number of carbonyl (C=O) groups is 2.